The monoisotopic (exact) mass is 662 g/mol. The van der Waals surface area contributed by atoms with E-state index < -0.39 is 18.0 Å². The minimum Gasteiger partial charge on any atom is -0.491 e. The fourth-order valence-electron chi connectivity index (χ4n) is 5.56. The van der Waals surface area contributed by atoms with Gasteiger partial charge in [-0.2, -0.15) is 5.10 Å². The summed E-state index contributed by atoms with van der Waals surface area (Å²) >= 11 is 1.23. The molecule has 5 aromatic rings. The molecule has 10 nitrogen and oxygen atoms in total. The maximum atomic E-state index is 14.3. The van der Waals surface area contributed by atoms with E-state index in [0.29, 0.717) is 31.9 Å². The second-order valence-electron chi connectivity index (χ2n) is 11.3. The van der Waals surface area contributed by atoms with Crippen molar-refractivity contribution in [3.8, 4) is 22.7 Å². The smallest absolute Gasteiger partial charge is 0.338 e. The molecule has 1 aliphatic rings. The SMILES string of the molecule is CCOC(=O)C1=C(C)N=c2sc(=Cc3cn(-c4ccccc4)nc3-c3ccc(OC(C)C)cc3)c(=O)n2C1c1ccc(C(=O)OC)cc1. The van der Waals surface area contributed by atoms with Crippen LogP contribution in [0.2, 0.25) is 0 Å². The van der Waals surface area contributed by atoms with Crippen LogP contribution in [0.1, 0.15) is 55.2 Å². The molecule has 48 heavy (non-hydrogen) atoms. The minimum atomic E-state index is -0.825. The Balaban J connectivity index is 1.52. The quantitative estimate of drug-likeness (QED) is 0.199. The maximum absolute atomic E-state index is 14.3. The lowest BCUT2D eigenvalue weighted by Gasteiger charge is -2.24. The van der Waals surface area contributed by atoms with Crippen LogP contribution in [0.15, 0.2) is 106 Å². The van der Waals surface area contributed by atoms with Gasteiger partial charge in [-0.05, 0) is 87.9 Å². The standard InChI is InChI=1S/C37H34N4O6S/c1-6-46-36(44)31-23(4)38-37-41(33(31)25-12-14-26(15-13-25)35(43)45-5)34(42)30(48-37)20-27-21-40(28-10-8-7-9-11-28)39-32(27)24-16-18-29(19-17-24)47-22(2)3/h7-22,33H,6H2,1-5H3. The Morgan fingerprint density at radius 1 is 0.979 bits per heavy atom. The summed E-state index contributed by atoms with van der Waals surface area (Å²) in [4.78, 5) is 44.9. The molecule has 0 radical (unpaired) electrons. The van der Waals surface area contributed by atoms with Crippen LogP contribution in [0, 0.1) is 0 Å². The van der Waals surface area contributed by atoms with Gasteiger partial charge in [-0.1, -0.05) is 41.7 Å². The Kier molecular flexibility index (Phi) is 9.22. The van der Waals surface area contributed by atoms with Crippen LogP contribution < -0.4 is 19.6 Å². The fourth-order valence-corrected chi connectivity index (χ4v) is 6.60. The second kappa shape index (κ2) is 13.7. The van der Waals surface area contributed by atoms with Gasteiger partial charge in [0.2, 0.25) is 0 Å². The van der Waals surface area contributed by atoms with Gasteiger partial charge in [0.05, 0.1) is 52.9 Å². The molecule has 1 aliphatic heterocycles. The first kappa shape index (κ1) is 32.4. The number of para-hydroxylation sites is 1. The highest BCUT2D eigenvalue weighted by Gasteiger charge is 2.33. The predicted octanol–water partition coefficient (Wildman–Crippen LogP) is 5.22. The van der Waals surface area contributed by atoms with E-state index in [0.717, 1.165) is 22.6 Å². The van der Waals surface area contributed by atoms with Crippen LogP contribution in [-0.4, -0.2) is 46.1 Å². The molecular weight excluding hydrogens is 628 g/mol. The molecule has 1 atom stereocenters. The molecule has 11 heteroatoms. The van der Waals surface area contributed by atoms with E-state index in [1.807, 2.05) is 80.7 Å². The molecule has 0 saturated heterocycles. The van der Waals surface area contributed by atoms with E-state index in [1.54, 1.807) is 42.8 Å². The number of carbonyl (C=O) groups is 2. The number of benzene rings is 3. The molecule has 244 valence electrons. The Labute approximate surface area is 280 Å². The summed E-state index contributed by atoms with van der Waals surface area (Å²) in [6.45, 7) is 7.56. The van der Waals surface area contributed by atoms with E-state index in [4.69, 9.17) is 19.3 Å². The van der Waals surface area contributed by atoms with Crippen LogP contribution in [0.3, 0.4) is 0 Å². The normalized spacial score (nSPS) is 14.5. The molecule has 0 bridgehead atoms. The zero-order valence-corrected chi connectivity index (χ0v) is 28.0. The van der Waals surface area contributed by atoms with Gasteiger partial charge in [-0.25, -0.2) is 19.3 Å². The zero-order valence-electron chi connectivity index (χ0n) is 27.2. The molecule has 0 N–H and O–H groups in total. The molecule has 3 aromatic carbocycles. The first-order valence-corrected chi connectivity index (χ1v) is 16.3. The van der Waals surface area contributed by atoms with Gasteiger partial charge >= 0.3 is 11.9 Å². The van der Waals surface area contributed by atoms with Crippen molar-refractivity contribution in [3.05, 3.63) is 133 Å². The lowest BCUT2D eigenvalue weighted by atomic mass is 9.95. The summed E-state index contributed by atoms with van der Waals surface area (Å²) in [5, 5.41) is 4.92. The summed E-state index contributed by atoms with van der Waals surface area (Å²) in [6.07, 6.45) is 3.74. The summed E-state index contributed by atoms with van der Waals surface area (Å²) in [7, 11) is 1.31. The van der Waals surface area contributed by atoms with Gasteiger partial charge in [0.15, 0.2) is 4.80 Å². The largest absolute Gasteiger partial charge is 0.491 e. The van der Waals surface area contributed by atoms with E-state index in [1.165, 1.54) is 23.0 Å². The zero-order chi connectivity index (χ0) is 33.9. The highest BCUT2D eigenvalue weighted by molar-refractivity contribution is 7.07. The number of nitrogens with zero attached hydrogens (tertiary/aromatic N) is 4. The number of thiazole rings is 1. The van der Waals surface area contributed by atoms with Gasteiger partial charge < -0.3 is 14.2 Å². The Bertz CT molecular complexity index is 2190. The number of carbonyl (C=O) groups excluding carboxylic acids is 2. The van der Waals surface area contributed by atoms with Crippen molar-refractivity contribution in [1.82, 2.24) is 14.3 Å². The maximum Gasteiger partial charge on any atom is 0.338 e. The highest BCUT2D eigenvalue weighted by atomic mass is 32.1. The lowest BCUT2D eigenvalue weighted by Crippen LogP contribution is -2.40. The van der Waals surface area contributed by atoms with E-state index in [9.17, 15) is 14.4 Å². The average molecular weight is 663 g/mol. The lowest BCUT2D eigenvalue weighted by molar-refractivity contribution is -0.139. The molecule has 1 unspecified atom stereocenters. The second-order valence-corrected chi connectivity index (χ2v) is 12.3. The third-order valence-corrected chi connectivity index (χ3v) is 8.70. The van der Waals surface area contributed by atoms with Crippen LogP contribution in [-0.2, 0) is 14.3 Å². The number of hydrogen-bond donors (Lipinski definition) is 0. The summed E-state index contributed by atoms with van der Waals surface area (Å²) in [6, 6.07) is 23.2. The number of hydrogen-bond acceptors (Lipinski definition) is 9. The van der Waals surface area contributed by atoms with Crippen LogP contribution in [0.5, 0.6) is 5.75 Å². The molecule has 3 heterocycles. The number of ether oxygens (including phenoxy) is 3. The molecule has 0 spiro atoms. The van der Waals surface area contributed by atoms with Crippen LogP contribution in [0.25, 0.3) is 23.0 Å². The summed E-state index contributed by atoms with van der Waals surface area (Å²) in [5.74, 6) is -0.304. The Morgan fingerprint density at radius 2 is 1.69 bits per heavy atom. The third-order valence-electron chi connectivity index (χ3n) is 7.71. The van der Waals surface area contributed by atoms with Gasteiger partial charge in [-0.3, -0.25) is 9.36 Å². The molecule has 6 rings (SSSR count). The molecule has 0 amide bonds. The molecule has 0 saturated carbocycles. The van der Waals surface area contributed by atoms with E-state index >= 15 is 0 Å². The number of allylic oxidation sites excluding steroid dienone is 1. The first-order chi connectivity index (χ1) is 23.2. The van der Waals surface area contributed by atoms with Crippen molar-refractivity contribution < 1.29 is 23.8 Å². The van der Waals surface area contributed by atoms with Crippen molar-refractivity contribution in [2.24, 2.45) is 4.99 Å². The molecule has 2 aromatic heterocycles. The molecular formula is C37H34N4O6S. The van der Waals surface area contributed by atoms with E-state index in [-0.39, 0.29) is 23.8 Å². The third kappa shape index (κ3) is 6.37. The van der Waals surface area contributed by atoms with Gasteiger partial charge in [0, 0.05) is 17.3 Å². The van der Waals surface area contributed by atoms with Gasteiger partial charge in [0.1, 0.15) is 11.4 Å². The Morgan fingerprint density at radius 3 is 2.33 bits per heavy atom. The number of aromatic nitrogens is 3. The van der Waals surface area contributed by atoms with Crippen LogP contribution in [0.4, 0.5) is 0 Å². The minimum absolute atomic E-state index is 0.0392. The van der Waals surface area contributed by atoms with E-state index in [2.05, 4.69) is 4.99 Å². The van der Waals surface area contributed by atoms with Crippen molar-refractivity contribution in [1.29, 1.82) is 0 Å². The van der Waals surface area contributed by atoms with Crippen molar-refractivity contribution in [2.45, 2.75) is 39.8 Å². The molecule has 0 aliphatic carbocycles. The first-order valence-electron chi connectivity index (χ1n) is 15.5. The summed E-state index contributed by atoms with van der Waals surface area (Å²) in [5.41, 5.74) is 4.46. The molecule has 0 fully saturated rings. The van der Waals surface area contributed by atoms with Gasteiger partial charge in [0.25, 0.3) is 5.56 Å². The number of methoxy groups -OCH3 is 1. The number of fused-ring (bicyclic) bond motifs is 1. The van der Waals surface area contributed by atoms with Crippen LogP contribution >= 0.6 is 11.3 Å². The van der Waals surface area contributed by atoms with Crippen molar-refractivity contribution in [3.63, 3.8) is 0 Å². The fraction of sp³-hybridized carbons (Fsp3) is 0.216. The Hall–Kier alpha value is -5.55. The predicted molar refractivity (Wildman–Crippen MR) is 183 cm³/mol. The number of rotatable bonds is 9. The highest BCUT2D eigenvalue weighted by Crippen LogP contribution is 2.31. The average Bonchev–Trinajstić information content (AvgIpc) is 3.64. The van der Waals surface area contributed by atoms with Crippen molar-refractivity contribution >= 4 is 29.4 Å². The topological polar surface area (TPSA) is 114 Å². The number of esters is 2. The van der Waals surface area contributed by atoms with Crippen molar-refractivity contribution in [2.75, 3.05) is 13.7 Å². The summed E-state index contributed by atoms with van der Waals surface area (Å²) < 4.78 is 19.8. The van der Waals surface area contributed by atoms with Gasteiger partial charge in [-0.15, -0.1) is 0 Å².